The van der Waals surface area contributed by atoms with Crippen LogP contribution in [0.25, 0.3) is 0 Å². The van der Waals surface area contributed by atoms with Crippen LogP contribution in [0.3, 0.4) is 0 Å². The topological polar surface area (TPSA) is 0 Å². The Hall–Kier alpha value is -0.455. The molecule has 0 saturated carbocycles. The zero-order valence-corrected chi connectivity index (χ0v) is 8.35. The van der Waals surface area contributed by atoms with Gasteiger partial charge in [0, 0.05) is 0 Å². The first-order valence-corrected chi connectivity index (χ1v) is 4.71. The monoisotopic (exact) mass is 160 g/mol. The van der Waals surface area contributed by atoms with Gasteiger partial charge >= 0.3 is 0 Å². The summed E-state index contributed by atoms with van der Waals surface area (Å²) in [7, 11) is 6.02. The molecule has 0 aromatic heterocycles. The lowest BCUT2D eigenvalue weighted by molar-refractivity contribution is 0.681. The highest BCUT2D eigenvalue weighted by Crippen LogP contribution is 2.33. The largest absolute Gasteiger partial charge is 0.0763 e. The summed E-state index contributed by atoms with van der Waals surface area (Å²) in [6.45, 7) is 6.46. The molecular weight excluding hydrogens is 143 g/mol. The molecule has 1 aliphatic rings. The molecular formula is C11H17B. The van der Waals surface area contributed by atoms with Gasteiger partial charge in [0.15, 0.2) is 0 Å². The van der Waals surface area contributed by atoms with Gasteiger partial charge in [-0.15, -0.1) is 0 Å². The highest BCUT2D eigenvalue weighted by Gasteiger charge is 2.14. The van der Waals surface area contributed by atoms with Crippen molar-refractivity contribution in [2.75, 3.05) is 0 Å². The van der Waals surface area contributed by atoms with E-state index in [4.69, 9.17) is 7.85 Å². The van der Waals surface area contributed by atoms with Crippen molar-refractivity contribution in [2.45, 2.75) is 45.9 Å². The van der Waals surface area contributed by atoms with E-state index in [1.165, 1.54) is 29.6 Å². The molecule has 64 valence electrons. The van der Waals surface area contributed by atoms with E-state index in [-0.39, 0.29) is 5.82 Å². The van der Waals surface area contributed by atoms with E-state index in [9.17, 15) is 0 Å². The van der Waals surface area contributed by atoms with E-state index >= 15 is 0 Å². The van der Waals surface area contributed by atoms with Crippen LogP contribution in [0, 0.1) is 0 Å². The Labute approximate surface area is 77.2 Å². The van der Waals surface area contributed by atoms with Crippen LogP contribution in [-0.2, 0) is 0 Å². The SMILES string of the molecule is [B]C1CCCC(C)=C1C=C(C)C. The molecule has 1 aliphatic carbocycles. The van der Waals surface area contributed by atoms with Crippen molar-refractivity contribution in [3.8, 4) is 0 Å². The predicted molar refractivity (Wildman–Crippen MR) is 55.5 cm³/mol. The number of hydrogen-bond acceptors (Lipinski definition) is 0. The van der Waals surface area contributed by atoms with Crippen molar-refractivity contribution < 1.29 is 0 Å². The minimum absolute atomic E-state index is 0.286. The lowest BCUT2D eigenvalue weighted by Gasteiger charge is -2.22. The van der Waals surface area contributed by atoms with Crippen LogP contribution in [-0.4, -0.2) is 7.85 Å². The fourth-order valence-electron chi connectivity index (χ4n) is 1.74. The molecule has 1 unspecified atom stereocenters. The maximum atomic E-state index is 6.02. The summed E-state index contributed by atoms with van der Waals surface area (Å²) in [4.78, 5) is 0. The molecule has 0 amide bonds. The Morgan fingerprint density at radius 2 is 2.17 bits per heavy atom. The Balaban J connectivity index is 2.88. The highest BCUT2D eigenvalue weighted by atomic mass is 14.2. The van der Waals surface area contributed by atoms with Gasteiger partial charge in [-0.3, -0.25) is 0 Å². The maximum absolute atomic E-state index is 6.02. The first-order chi connectivity index (χ1) is 5.61. The molecule has 0 aromatic carbocycles. The lowest BCUT2D eigenvalue weighted by atomic mass is 9.71. The lowest BCUT2D eigenvalue weighted by Crippen LogP contribution is -2.04. The molecule has 1 heteroatoms. The normalized spacial score (nSPS) is 24.1. The van der Waals surface area contributed by atoms with Gasteiger partial charge in [-0.1, -0.05) is 35.0 Å². The molecule has 1 rings (SSSR count). The molecule has 2 radical (unpaired) electrons. The van der Waals surface area contributed by atoms with Crippen LogP contribution in [0.2, 0.25) is 5.82 Å². The van der Waals surface area contributed by atoms with Gasteiger partial charge in [0.25, 0.3) is 0 Å². The third kappa shape index (κ3) is 2.26. The van der Waals surface area contributed by atoms with Crippen LogP contribution in [0.1, 0.15) is 40.0 Å². The number of allylic oxidation sites excluding steroid dienone is 4. The first-order valence-electron chi connectivity index (χ1n) is 4.71. The molecule has 12 heavy (non-hydrogen) atoms. The Kier molecular flexibility index (Phi) is 3.19. The van der Waals surface area contributed by atoms with E-state index < -0.39 is 0 Å². The van der Waals surface area contributed by atoms with Crippen molar-refractivity contribution in [1.82, 2.24) is 0 Å². The number of hydrogen-bond donors (Lipinski definition) is 0. The zero-order valence-electron chi connectivity index (χ0n) is 8.35. The van der Waals surface area contributed by atoms with Crippen LogP contribution >= 0.6 is 0 Å². The van der Waals surface area contributed by atoms with Crippen molar-refractivity contribution >= 4 is 7.85 Å². The van der Waals surface area contributed by atoms with E-state index in [1.54, 1.807) is 0 Å². The quantitative estimate of drug-likeness (QED) is 0.515. The summed E-state index contributed by atoms with van der Waals surface area (Å²) in [6, 6.07) is 0. The second-order valence-corrected chi connectivity index (χ2v) is 3.96. The van der Waals surface area contributed by atoms with E-state index in [0.717, 1.165) is 6.42 Å². The van der Waals surface area contributed by atoms with Gasteiger partial charge < -0.3 is 0 Å². The van der Waals surface area contributed by atoms with Gasteiger partial charge in [-0.25, -0.2) is 0 Å². The summed E-state index contributed by atoms with van der Waals surface area (Å²) in [5.74, 6) is 0.286. The second-order valence-electron chi connectivity index (χ2n) is 3.96. The third-order valence-electron chi connectivity index (χ3n) is 2.40. The summed E-state index contributed by atoms with van der Waals surface area (Å²) in [5, 5.41) is 0. The van der Waals surface area contributed by atoms with E-state index in [0.29, 0.717) is 0 Å². The molecule has 0 aliphatic heterocycles. The predicted octanol–water partition coefficient (Wildman–Crippen LogP) is 3.41. The summed E-state index contributed by atoms with van der Waals surface area (Å²) in [6.07, 6.45) is 5.87. The molecule has 1 atom stereocenters. The fraction of sp³-hybridized carbons (Fsp3) is 0.636. The van der Waals surface area contributed by atoms with E-state index in [1.807, 2.05) is 0 Å². The second kappa shape index (κ2) is 3.98. The Bertz CT molecular complexity index is 219. The van der Waals surface area contributed by atoms with Crippen molar-refractivity contribution in [3.05, 3.63) is 22.8 Å². The van der Waals surface area contributed by atoms with E-state index in [2.05, 4.69) is 26.8 Å². The van der Waals surface area contributed by atoms with Crippen molar-refractivity contribution in [2.24, 2.45) is 0 Å². The summed E-state index contributed by atoms with van der Waals surface area (Å²) < 4.78 is 0. The molecule has 0 nitrogen and oxygen atoms in total. The Morgan fingerprint density at radius 1 is 1.50 bits per heavy atom. The molecule has 0 spiro atoms. The molecule has 0 aromatic rings. The zero-order chi connectivity index (χ0) is 9.14. The Morgan fingerprint density at radius 3 is 2.67 bits per heavy atom. The average Bonchev–Trinajstić information content (AvgIpc) is 1.97. The molecule has 0 heterocycles. The number of rotatable bonds is 1. The van der Waals surface area contributed by atoms with Crippen LogP contribution < -0.4 is 0 Å². The maximum Gasteiger partial charge on any atom is 0.0763 e. The summed E-state index contributed by atoms with van der Waals surface area (Å²) in [5.41, 5.74) is 4.21. The van der Waals surface area contributed by atoms with Crippen LogP contribution in [0.5, 0.6) is 0 Å². The minimum Gasteiger partial charge on any atom is -0.0762 e. The third-order valence-corrected chi connectivity index (χ3v) is 2.40. The molecule has 0 N–H and O–H groups in total. The van der Waals surface area contributed by atoms with Gasteiger partial charge in [0.05, 0.1) is 7.85 Å². The van der Waals surface area contributed by atoms with Crippen LogP contribution in [0.4, 0.5) is 0 Å². The summed E-state index contributed by atoms with van der Waals surface area (Å²) >= 11 is 0. The highest BCUT2D eigenvalue weighted by molar-refractivity contribution is 6.14. The molecule has 0 fully saturated rings. The van der Waals surface area contributed by atoms with Crippen molar-refractivity contribution in [3.63, 3.8) is 0 Å². The molecule has 0 saturated heterocycles. The average molecular weight is 160 g/mol. The van der Waals surface area contributed by atoms with Gasteiger partial charge in [-0.05, 0) is 33.6 Å². The first kappa shape index (κ1) is 9.63. The fourth-order valence-corrected chi connectivity index (χ4v) is 1.74. The van der Waals surface area contributed by atoms with Gasteiger partial charge in [0.2, 0.25) is 0 Å². The van der Waals surface area contributed by atoms with Gasteiger partial charge in [0.1, 0.15) is 0 Å². The smallest absolute Gasteiger partial charge is 0.0762 e. The molecule has 0 bridgehead atoms. The van der Waals surface area contributed by atoms with Gasteiger partial charge in [-0.2, -0.15) is 0 Å². The van der Waals surface area contributed by atoms with Crippen molar-refractivity contribution in [1.29, 1.82) is 0 Å². The van der Waals surface area contributed by atoms with Crippen LogP contribution in [0.15, 0.2) is 22.8 Å². The minimum atomic E-state index is 0.286. The standard InChI is InChI=1S/C11H17B/c1-8(2)7-10-9(3)5-4-6-11(10)12/h7,11H,4-6H2,1-3H3.